The van der Waals surface area contributed by atoms with Crippen molar-refractivity contribution in [2.45, 2.75) is 84.5 Å². The second kappa shape index (κ2) is 9.39. The topological polar surface area (TPSA) is 71.5 Å². The minimum absolute atomic E-state index is 0.146. The normalized spacial score (nSPS) is 23.1. The van der Waals surface area contributed by atoms with Gasteiger partial charge in [0.25, 0.3) is 0 Å². The average molecular weight is 425 g/mol. The number of alkyl carbamates (subject to hydrolysis) is 1. The zero-order valence-electron chi connectivity index (χ0n) is 19.4. The molecule has 1 aliphatic carbocycles. The van der Waals surface area contributed by atoms with Crippen LogP contribution in [0.4, 0.5) is 4.79 Å². The van der Waals surface area contributed by atoms with Gasteiger partial charge in [-0.15, -0.1) is 0 Å². The van der Waals surface area contributed by atoms with Crippen molar-refractivity contribution in [3.05, 3.63) is 47.7 Å². The molecule has 0 bridgehead atoms. The third kappa shape index (κ3) is 6.30. The van der Waals surface area contributed by atoms with E-state index in [2.05, 4.69) is 42.6 Å². The van der Waals surface area contributed by atoms with Gasteiger partial charge >= 0.3 is 6.09 Å². The monoisotopic (exact) mass is 424 g/mol. The molecule has 1 fully saturated rings. The summed E-state index contributed by atoms with van der Waals surface area (Å²) < 4.78 is 5.35. The largest absolute Gasteiger partial charge is 0.444 e. The van der Waals surface area contributed by atoms with Gasteiger partial charge in [-0.05, 0) is 82.9 Å². The summed E-state index contributed by atoms with van der Waals surface area (Å²) in [6.07, 6.45) is 8.84. The van der Waals surface area contributed by atoms with Crippen LogP contribution in [0, 0.1) is 5.41 Å². The molecule has 1 atom stereocenters. The molecule has 1 amide bonds. The molecule has 5 nitrogen and oxygen atoms in total. The smallest absolute Gasteiger partial charge is 0.408 e. The van der Waals surface area contributed by atoms with Gasteiger partial charge in [0.15, 0.2) is 0 Å². The van der Waals surface area contributed by atoms with E-state index in [1.54, 1.807) is 0 Å². The molecule has 0 radical (unpaired) electrons. The van der Waals surface area contributed by atoms with Crippen molar-refractivity contribution in [1.82, 2.24) is 10.3 Å². The van der Waals surface area contributed by atoms with E-state index >= 15 is 0 Å². The first kappa shape index (κ1) is 23.3. The quantitative estimate of drug-likeness (QED) is 0.602. The molecule has 168 valence electrons. The highest BCUT2D eigenvalue weighted by molar-refractivity contribution is 5.81. The predicted octanol–water partition coefficient (Wildman–Crippen LogP) is 6.17. The number of carbonyl (C=O) groups is 1. The molecule has 1 saturated carbocycles. The van der Waals surface area contributed by atoms with E-state index in [0.29, 0.717) is 0 Å². The minimum Gasteiger partial charge on any atom is -0.444 e. The van der Waals surface area contributed by atoms with Crippen LogP contribution in [0.2, 0.25) is 0 Å². The van der Waals surface area contributed by atoms with E-state index in [1.807, 2.05) is 39.8 Å². The number of ether oxygens (including phenoxy) is 1. The highest BCUT2D eigenvalue weighted by Crippen LogP contribution is 2.41. The van der Waals surface area contributed by atoms with Gasteiger partial charge in [-0.3, -0.25) is 4.98 Å². The maximum atomic E-state index is 12.1. The number of rotatable bonds is 5. The molecule has 1 aliphatic rings. The van der Waals surface area contributed by atoms with Crippen LogP contribution >= 0.6 is 0 Å². The lowest BCUT2D eigenvalue weighted by Gasteiger charge is -2.35. The summed E-state index contributed by atoms with van der Waals surface area (Å²) >= 11 is 0. The van der Waals surface area contributed by atoms with Crippen molar-refractivity contribution in [3.63, 3.8) is 0 Å². The van der Waals surface area contributed by atoms with Crippen LogP contribution in [0.5, 0.6) is 0 Å². The molecule has 0 unspecified atom stereocenters. The van der Waals surface area contributed by atoms with E-state index in [0.717, 1.165) is 54.3 Å². The Kier molecular flexibility index (Phi) is 7.05. The summed E-state index contributed by atoms with van der Waals surface area (Å²) in [6, 6.07) is 10.0. The molecule has 0 spiro atoms. The third-order valence-electron chi connectivity index (χ3n) is 6.20. The van der Waals surface area contributed by atoms with Gasteiger partial charge in [-0.1, -0.05) is 37.3 Å². The fourth-order valence-electron chi connectivity index (χ4n) is 4.14. The number of benzene rings is 1. The first-order valence-corrected chi connectivity index (χ1v) is 11.4. The Balaban J connectivity index is 1.76. The van der Waals surface area contributed by atoms with Gasteiger partial charge in [0.1, 0.15) is 5.60 Å². The zero-order valence-corrected chi connectivity index (χ0v) is 19.4. The fourth-order valence-corrected chi connectivity index (χ4v) is 4.14. The van der Waals surface area contributed by atoms with Crippen molar-refractivity contribution in [3.8, 4) is 0 Å². The molecule has 0 aliphatic heterocycles. The molecule has 2 aromatic rings. The SMILES string of the molecule is CCC1(/C=C/c2ccc3ccc([C@@H](C)NC(=O)OC(C)(C)C)nc3c2)CCC(O)CC1. The lowest BCUT2D eigenvalue weighted by atomic mass is 9.71. The number of aliphatic hydroxyl groups is 1. The molecule has 1 aromatic heterocycles. The molecule has 1 aromatic carbocycles. The molecule has 0 saturated heterocycles. The van der Waals surface area contributed by atoms with Crippen LogP contribution in [0.1, 0.15) is 84.0 Å². The molecule has 1 heterocycles. The Hall–Kier alpha value is -2.40. The van der Waals surface area contributed by atoms with Crippen LogP contribution in [-0.4, -0.2) is 27.9 Å². The van der Waals surface area contributed by atoms with Crippen LogP contribution in [0.25, 0.3) is 17.0 Å². The number of allylic oxidation sites excluding steroid dienone is 1. The van der Waals surface area contributed by atoms with E-state index in [-0.39, 0.29) is 17.6 Å². The number of nitrogens with zero attached hydrogens (tertiary/aromatic N) is 1. The number of nitrogens with one attached hydrogen (secondary N) is 1. The second-order valence-corrected chi connectivity index (χ2v) is 9.84. The number of hydrogen-bond acceptors (Lipinski definition) is 4. The van der Waals surface area contributed by atoms with Crippen molar-refractivity contribution in [2.75, 3.05) is 0 Å². The Labute approximate surface area is 185 Å². The van der Waals surface area contributed by atoms with Gasteiger partial charge in [0.2, 0.25) is 0 Å². The summed E-state index contributed by atoms with van der Waals surface area (Å²) in [7, 11) is 0. The van der Waals surface area contributed by atoms with E-state index < -0.39 is 11.7 Å². The van der Waals surface area contributed by atoms with E-state index in [4.69, 9.17) is 9.72 Å². The van der Waals surface area contributed by atoms with E-state index in [1.165, 1.54) is 0 Å². The molecule has 5 heteroatoms. The summed E-state index contributed by atoms with van der Waals surface area (Å²) in [5.74, 6) is 0. The highest BCUT2D eigenvalue weighted by Gasteiger charge is 2.30. The Morgan fingerprint density at radius 2 is 1.97 bits per heavy atom. The number of aliphatic hydroxyl groups excluding tert-OH is 1. The van der Waals surface area contributed by atoms with Crippen LogP contribution in [0.3, 0.4) is 0 Å². The lowest BCUT2D eigenvalue weighted by molar-refractivity contribution is 0.0507. The maximum Gasteiger partial charge on any atom is 0.408 e. The van der Waals surface area contributed by atoms with Gasteiger partial charge < -0.3 is 15.2 Å². The first-order valence-electron chi connectivity index (χ1n) is 11.4. The van der Waals surface area contributed by atoms with Gasteiger partial charge in [-0.2, -0.15) is 0 Å². The van der Waals surface area contributed by atoms with Crippen molar-refractivity contribution >= 4 is 23.1 Å². The number of pyridine rings is 1. The Morgan fingerprint density at radius 3 is 2.61 bits per heavy atom. The fraction of sp³-hybridized carbons (Fsp3) is 0.538. The van der Waals surface area contributed by atoms with Crippen molar-refractivity contribution in [2.24, 2.45) is 5.41 Å². The van der Waals surface area contributed by atoms with Gasteiger partial charge in [-0.25, -0.2) is 4.79 Å². The van der Waals surface area contributed by atoms with Crippen LogP contribution in [-0.2, 0) is 4.74 Å². The molecule has 3 rings (SSSR count). The van der Waals surface area contributed by atoms with Crippen molar-refractivity contribution < 1.29 is 14.6 Å². The minimum atomic E-state index is -0.534. The zero-order chi connectivity index (χ0) is 22.6. The Bertz CT molecular complexity index is 937. The number of aromatic nitrogens is 1. The molecular formula is C26H36N2O3. The average Bonchev–Trinajstić information content (AvgIpc) is 2.71. The summed E-state index contributed by atoms with van der Waals surface area (Å²) in [5, 5.41) is 13.8. The summed E-state index contributed by atoms with van der Waals surface area (Å²) in [5.41, 5.74) is 2.46. The molecule has 31 heavy (non-hydrogen) atoms. The maximum absolute atomic E-state index is 12.1. The molecule has 2 N–H and O–H groups in total. The number of hydrogen-bond donors (Lipinski definition) is 2. The van der Waals surface area contributed by atoms with Gasteiger partial charge in [0.05, 0.1) is 23.4 Å². The second-order valence-electron chi connectivity index (χ2n) is 9.84. The standard InChI is InChI=1S/C26H36N2O3/c1-6-26(15-12-21(29)13-16-26)14-11-19-7-8-20-9-10-22(28-23(20)17-19)18(2)27-24(30)31-25(3,4)5/h7-11,14,17-18,21,29H,6,12-13,15-16H2,1-5H3,(H,27,30)/b14-11+/t18-,21?,26?/m1/s1. The van der Waals surface area contributed by atoms with Crippen LogP contribution in [0.15, 0.2) is 36.4 Å². The summed E-state index contributed by atoms with van der Waals surface area (Å²) in [6.45, 7) is 9.68. The van der Waals surface area contributed by atoms with E-state index in [9.17, 15) is 9.90 Å². The number of carbonyl (C=O) groups excluding carboxylic acids is 1. The first-order chi connectivity index (χ1) is 14.6. The third-order valence-corrected chi connectivity index (χ3v) is 6.20. The van der Waals surface area contributed by atoms with Crippen LogP contribution < -0.4 is 5.32 Å². The number of amides is 1. The number of fused-ring (bicyclic) bond motifs is 1. The molecular weight excluding hydrogens is 388 g/mol. The Morgan fingerprint density at radius 1 is 1.29 bits per heavy atom. The lowest BCUT2D eigenvalue weighted by Crippen LogP contribution is -2.34. The highest BCUT2D eigenvalue weighted by atomic mass is 16.6. The predicted molar refractivity (Wildman–Crippen MR) is 126 cm³/mol. The summed E-state index contributed by atoms with van der Waals surface area (Å²) in [4.78, 5) is 16.9. The van der Waals surface area contributed by atoms with Gasteiger partial charge in [0, 0.05) is 5.39 Å². The van der Waals surface area contributed by atoms with Crippen molar-refractivity contribution in [1.29, 1.82) is 0 Å².